The molecule has 3 aromatic rings. The molecule has 1 saturated heterocycles. The van der Waals surface area contributed by atoms with Gasteiger partial charge in [-0.2, -0.15) is 0 Å². The van der Waals surface area contributed by atoms with Gasteiger partial charge in [0, 0.05) is 61.2 Å². The summed E-state index contributed by atoms with van der Waals surface area (Å²) in [6, 6.07) is 20.8. The van der Waals surface area contributed by atoms with Crippen LogP contribution in [-0.4, -0.2) is 62.7 Å². The fourth-order valence-corrected chi connectivity index (χ4v) is 5.04. The number of morpholine rings is 1. The summed E-state index contributed by atoms with van der Waals surface area (Å²) in [7, 11) is 0. The average Bonchev–Trinajstić information content (AvgIpc) is 2.93. The molecular formula is C29H31ClN4O3. The third-order valence-corrected chi connectivity index (χ3v) is 7.11. The summed E-state index contributed by atoms with van der Waals surface area (Å²) >= 11 is 6.06. The van der Waals surface area contributed by atoms with Crippen LogP contribution in [0.3, 0.4) is 0 Å². The molecule has 0 unspecified atom stereocenters. The number of nitrogens with one attached hydrogen (secondary N) is 2. The molecule has 2 N–H and O–H groups in total. The lowest BCUT2D eigenvalue weighted by molar-refractivity contribution is 0.0383. The van der Waals surface area contributed by atoms with E-state index in [0.29, 0.717) is 28.4 Å². The summed E-state index contributed by atoms with van der Waals surface area (Å²) in [6.45, 7) is 6.06. The maximum absolute atomic E-state index is 13.4. The van der Waals surface area contributed by atoms with E-state index in [1.807, 2.05) is 12.1 Å². The number of rotatable bonds is 7. The summed E-state index contributed by atoms with van der Waals surface area (Å²) in [4.78, 5) is 30.8. The highest BCUT2D eigenvalue weighted by atomic mass is 35.5. The van der Waals surface area contributed by atoms with Crippen molar-refractivity contribution < 1.29 is 14.3 Å². The van der Waals surface area contributed by atoms with E-state index in [0.717, 1.165) is 58.0 Å². The van der Waals surface area contributed by atoms with Gasteiger partial charge in [-0.25, -0.2) is 0 Å². The standard InChI is InChI=1S/C29H31ClN4O3/c30-24-7-3-6-22(18-24)28(35)32-25-8-9-27(34-12-10-21-4-1-2-5-23(21)20-34)26(19-25)29(36)31-11-13-33-14-16-37-17-15-33/h1-9,18-19H,10-17,20H2,(H,31,36)(H,32,35). The lowest BCUT2D eigenvalue weighted by atomic mass is 9.98. The molecule has 37 heavy (non-hydrogen) atoms. The topological polar surface area (TPSA) is 73.9 Å². The maximum Gasteiger partial charge on any atom is 0.255 e. The van der Waals surface area contributed by atoms with Crippen LogP contribution in [0.2, 0.25) is 5.02 Å². The van der Waals surface area contributed by atoms with E-state index in [-0.39, 0.29) is 11.8 Å². The second-order valence-electron chi connectivity index (χ2n) is 9.35. The van der Waals surface area contributed by atoms with E-state index < -0.39 is 0 Å². The van der Waals surface area contributed by atoms with Gasteiger partial charge in [0.05, 0.1) is 18.8 Å². The molecule has 8 heteroatoms. The fourth-order valence-electron chi connectivity index (χ4n) is 4.85. The minimum absolute atomic E-state index is 0.152. The molecule has 0 atom stereocenters. The zero-order valence-electron chi connectivity index (χ0n) is 20.7. The Balaban J connectivity index is 1.36. The molecule has 0 saturated carbocycles. The summed E-state index contributed by atoms with van der Waals surface area (Å²) < 4.78 is 5.41. The van der Waals surface area contributed by atoms with Crippen LogP contribution in [0, 0.1) is 0 Å². The van der Waals surface area contributed by atoms with Crippen LogP contribution in [0.25, 0.3) is 0 Å². The van der Waals surface area contributed by atoms with E-state index in [1.54, 1.807) is 30.3 Å². The van der Waals surface area contributed by atoms with Gasteiger partial charge >= 0.3 is 0 Å². The van der Waals surface area contributed by atoms with Crippen LogP contribution in [-0.2, 0) is 17.7 Å². The Morgan fingerprint density at radius 1 is 0.892 bits per heavy atom. The first-order valence-corrected chi connectivity index (χ1v) is 13.1. The number of carbonyl (C=O) groups is 2. The van der Waals surface area contributed by atoms with Crippen LogP contribution >= 0.6 is 11.6 Å². The molecule has 0 bridgehead atoms. The largest absolute Gasteiger partial charge is 0.379 e. The minimum atomic E-state index is -0.277. The molecule has 2 aliphatic heterocycles. The number of benzene rings is 3. The third kappa shape index (κ3) is 6.31. The smallest absolute Gasteiger partial charge is 0.255 e. The summed E-state index contributed by atoms with van der Waals surface area (Å²) in [5.74, 6) is -0.429. The normalized spacial score (nSPS) is 15.6. The van der Waals surface area contributed by atoms with Crippen LogP contribution in [0.5, 0.6) is 0 Å². The van der Waals surface area contributed by atoms with Gasteiger partial charge in [0.25, 0.3) is 11.8 Å². The first-order valence-electron chi connectivity index (χ1n) is 12.7. The van der Waals surface area contributed by atoms with Crippen molar-refractivity contribution >= 4 is 34.8 Å². The summed E-state index contributed by atoms with van der Waals surface area (Å²) in [6.07, 6.45) is 0.918. The molecule has 3 aromatic carbocycles. The number of anilines is 2. The van der Waals surface area contributed by atoms with Crippen molar-refractivity contribution in [3.63, 3.8) is 0 Å². The van der Waals surface area contributed by atoms with Gasteiger partial charge in [0.2, 0.25) is 0 Å². The highest BCUT2D eigenvalue weighted by Crippen LogP contribution is 2.30. The number of halogens is 1. The Morgan fingerprint density at radius 3 is 2.51 bits per heavy atom. The van der Waals surface area contributed by atoms with E-state index in [2.05, 4.69) is 44.7 Å². The average molecular weight is 519 g/mol. The van der Waals surface area contributed by atoms with E-state index in [1.165, 1.54) is 11.1 Å². The molecule has 2 heterocycles. The van der Waals surface area contributed by atoms with Gasteiger partial charge in [-0.1, -0.05) is 41.9 Å². The SMILES string of the molecule is O=C(Nc1ccc(N2CCc3ccccc3C2)c(C(=O)NCCN2CCOCC2)c1)c1cccc(Cl)c1. The summed E-state index contributed by atoms with van der Waals surface area (Å²) in [5.41, 5.74) is 5.04. The van der Waals surface area contributed by atoms with Crippen molar-refractivity contribution in [3.8, 4) is 0 Å². The monoisotopic (exact) mass is 518 g/mol. The highest BCUT2D eigenvalue weighted by Gasteiger charge is 2.22. The number of nitrogens with zero attached hydrogens (tertiary/aromatic N) is 2. The van der Waals surface area contributed by atoms with Crippen LogP contribution < -0.4 is 15.5 Å². The number of ether oxygens (including phenoxy) is 1. The number of carbonyl (C=O) groups excluding carboxylic acids is 2. The van der Waals surface area contributed by atoms with Crippen molar-refractivity contribution in [2.45, 2.75) is 13.0 Å². The van der Waals surface area contributed by atoms with Crippen molar-refractivity contribution in [1.29, 1.82) is 0 Å². The lowest BCUT2D eigenvalue weighted by Gasteiger charge is -2.32. The third-order valence-electron chi connectivity index (χ3n) is 6.87. The van der Waals surface area contributed by atoms with Crippen LogP contribution in [0.15, 0.2) is 66.7 Å². The lowest BCUT2D eigenvalue weighted by Crippen LogP contribution is -2.41. The van der Waals surface area contributed by atoms with Crippen molar-refractivity contribution in [2.24, 2.45) is 0 Å². The van der Waals surface area contributed by atoms with Crippen molar-refractivity contribution in [2.75, 3.05) is 56.2 Å². The zero-order chi connectivity index (χ0) is 25.6. The Kier molecular flexibility index (Phi) is 8.04. The van der Waals surface area contributed by atoms with Crippen LogP contribution in [0.4, 0.5) is 11.4 Å². The highest BCUT2D eigenvalue weighted by molar-refractivity contribution is 6.31. The number of hydrogen-bond acceptors (Lipinski definition) is 5. The number of hydrogen-bond donors (Lipinski definition) is 2. The Labute approximate surface area is 222 Å². The number of amides is 2. The molecule has 2 amide bonds. The zero-order valence-corrected chi connectivity index (χ0v) is 21.5. The molecule has 7 nitrogen and oxygen atoms in total. The van der Waals surface area contributed by atoms with Gasteiger partial charge in [-0.05, 0) is 53.9 Å². The molecular weight excluding hydrogens is 488 g/mol. The Morgan fingerprint density at radius 2 is 1.70 bits per heavy atom. The fraction of sp³-hybridized carbons (Fsp3) is 0.310. The number of fused-ring (bicyclic) bond motifs is 1. The van der Waals surface area contributed by atoms with E-state index >= 15 is 0 Å². The first kappa shape index (κ1) is 25.3. The van der Waals surface area contributed by atoms with E-state index in [4.69, 9.17) is 16.3 Å². The van der Waals surface area contributed by atoms with Crippen molar-refractivity contribution in [1.82, 2.24) is 10.2 Å². The quantitative estimate of drug-likeness (QED) is 0.490. The minimum Gasteiger partial charge on any atom is -0.379 e. The van der Waals surface area contributed by atoms with Gasteiger partial charge < -0.3 is 20.3 Å². The van der Waals surface area contributed by atoms with Crippen LogP contribution in [0.1, 0.15) is 31.8 Å². The molecule has 192 valence electrons. The molecule has 2 aliphatic rings. The Hall–Kier alpha value is -3.39. The molecule has 0 spiro atoms. The first-order chi connectivity index (χ1) is 18.1. The van der Waals surface area contributed by atoms with Gasteiger partial charge in [0.15, 0.2) is 0 Å². The van der Waals surface area contributed by atoms with Crippen molar-refractivity contribution in [3.05, 3.63) is 94.0 Å². The molecule has 0 radical (unpaired) electrons. The van der Waals surface area contributed by atoms with Gasteiger partial charge in [0.1, 0.15) is 0 Å². The van der Waals surface area contributed by atoms with Gasteiger partial charge in [-0.15, -0.1) is 0 Å². The van der Waals surface area contributed by atoms with E-state index in [9.17, 15) is 9.59 Å². The van der Waals surface area contributed by atoms with Gasteiger partial charge in [-0.3, -0.25) is 14.5 Å². The maximum atomic E-state index is 13.4. The molecule has 0 aromatic heterocycles. The second kappa shape index (κ2) is 11.8. The Bertz CT molecular complexity index is 1280. The predicted molar refractivity (Wildman–Crippen MR) is 147 cm³/mol. The summed E-state index contributed by atoms with van der Waals surface area (Å²) in [5, 5.41) is 6.50. The second-order valence-corrected chi connectivity index (χ2v) is 9.78. The predicted octanol–water partition coefficient (Wildman–Crippen LogP) is 4.22. The molecule has 0 aliphatic carbocycles. The molecule has 5 rings (SSSR count). The molecule has 1 fully saturated rings.